The minimum atomic E-state index is -2.51. The Labute approximate surface area is 55.6 Å². The lowest BCUT2D eigenvalue weighted by Crippen LogP contribution is -2.46. The van der Waals surface area contributed by atoms with E-state index in [4.69, 9.17) is 15.3 Å². The van der Waals surface area contributed by atoms with Crippen LogP contribution >= 0.6 is 0 Å². The third kappa shape index (κ3) is 1.41. The predicted octanol–water partition coefficient (Wildman–Crippen LogP) is -1.30. The molecule has 0 radical (unpaired) electrons. The molecule has 10 heavy (non-hydrogen) atoms. The molecule has 0 spiro atoms. The minimum Gasteiger partial charge on any atom is -0.479 e. The lowest BCUT2D eigenvalue weighted by Gasteiger charge is -2.17. The maximum atomic E-state index is 11.4. The van der Waals surface area contributed by atoms with Gasteiger partial charge in [0, 0.05) is 0 Å². The highest BCUT2D eigenvalue weighted by Gasteiger charge is 2.40. The van der Waals surface area contributed by atoms with E-state index < -0.39 is 24.8 Å². The molecule has 0 aliphatic carbocycles. The Morgan fingerprint density at radius 3 is 1.90 bits per heavy atom. The molecule has 6 heteroatoms. The van der Waals surface area contributed by atoms with Gasteiger partial charge in [0.15, 0.2) is 0 Å². The summed E-state index contributed by atoms with van der Waals surface area (Å²) in [6.45, 7) is -2.23. The number of aliphatic hydroxyl groups is 2. The van der Waals surface area contributed by atoms with Gasteiger partial charge in [-0.2, -0.15) is 4.94 Å². The van der Waals surface area contributed by atoms with Crippen molar-refractivity contribution < 1.29 is 29.6 Å². The summed E-state index contributed by atoms with van der Waals surface area (Å²) < 4.78 is 11.4. The molecule has 3 N–H and O–H groups in total. The third-order valence-corrected chi connectivity index (χ3v) is 1.05. The van der Waals surface area contributed by atoms with E-state index in [0.29, 0.717) is 0 Å². The van der Waals surface area contributed by atoms with Crippen molar-refractivity contribution in [3.8, 4) is 0 Å². The Morgan fingerprint density at radius 1 is 1.50 bits per heavy atom. The first kappa shape index (κ1) is 9.28. The molecule has 0 aliphatic heterocycles. The van der Waals surface area contributed by atoms with Crippen molar-refractivity contribution in [3.05, 3.63) is 0 Å². The van der Waals surface area contributed by atoms with Crippen molar-refractivity contribution in [1.29, 1.82) is 0 Å². The van der Waals surface area contributed by atoms with Crippen LogP contribution in [0.4, 0.5) is 4.53 Å². The summed E-state index contributed by atoms with van der Waals surface area (Å²) in [4.78, 5) is 12.9. The molecule has 0 fully saturated rings. The van der Waals surface area contributed by atoms with E-state index in [0.717, 1.165) is 0 Å². The number of hydrogen-bond donors (Lipinski definition) is 3. The molecule has 0 atom stereocenters. The summed E-state index contributed by atoms with van der Waals surface area (Å²) in [6.07, 6.45) is 0. The topological polar surface area (TPSA) is 87.0 Å². The van der Waals surface area contributed by atoms with Crippen LogP contribution in [-0.4, -0.2) is 40.1 Å². The zero-order valence-electron chi connectivity index (χ0n) is 4.95. The average Bonchev–Trinajstić information content (AvgIpc) is 1.92. The van der Waals surface area contributed by atoms with Crippen LogP contribution in [0.15, 0.2) is 0 Å². The zero-order valence-corrected chi connectivity index (χ0v) is 4.95. The SMILES string of the molecule is O=C(O)C(CO)(CO)OF. The van der Waals surface area contributed by atoms with E-state index in [2.05, 4.69) is 4.94 Å². The molecule has 0 aliphatic rings. The second-order valence-electron chi connectivity index (χ2n) is 1.69. The van der Waals surface area contributed by atoms with Gasteiger partial charge in [0.25, 0.3) is 5.60 Å². The Balaban J connectivity index is 4.31. The number of carboxylic acids is 1. The van der Waals surface area contributed by atoms with Crippen molar-refractivity contribution in [2.24, 2.45) is 0 Å². The number of halogens is 1. The summed E-state index contributed by atoms with van der Waals surface area (Å²) in [7, 11) is 0. The molecule has 0 aromatic heterocycles. The van der Waals surface area contributed by atoms with Gasteiger partial charge in [-0.05, 0) is 4.53 Å². The highest BCUT2D eigenvalue weighted by molar-refractivity contribution is 5.77. The van der Waals surface area contributed by atoms with E-state index in [-0.39, 0.29) is 0 Å². The van der Waals surface area contributed by atoms with Crippen molar-refractivity contribution in [1.82, 2.24) is 0 Å². The average molecular weight is 154 g/mol. The Bertz CT molecular complexity index is 113. The maximum Gasteiger partial charge on any atom is 0.344 e. The van der Waals surface area contributed by atoms with E-state index in [9.17, 15) is 9.32 Å². The minimum absolute atomic E-state index is 1.12. The van der Waals surface area contributed by atoms with Crippen molar-refractivity contribution in [2.45, 2.75) is 5.60 Å². The van der Waals surface area contributed by atoms with Crippen LogP contribution in [0.25, 0.3) is 0 Å². The van der Waals surface area contributed by atoms with Crippen molar-refractivity contribution in [3.63, 3.8) is 0 Å². The Hall–Kier alpha value is -0.720. The number of carbonyl (C=O) groups is 1. The molecule has 5 nitrogen and oxygen atoms in total. The van der Waals surface area contributed by atoms with Gasteiger partial charge in [-0.3, -0.25) is 0 Å². The monoisotopic (exact) mass is 154 g/mol. The standard InChI is InChI=1S/C4H7FO5/c5-10-4(1-6,2-7)3(8)9/h6-7H,1-2H2,(H,8,9). The lowest BCUT2D eigenvalue weighted by atomic mass is 10.1. The first-order valence-electron chi connectivity index (χ1n) is 2.38. The first-order valence-corrected chi connectivity index (χ1v) is 2.38. The van der Waals surface area contributed by atoms with Crippen LogP contribution < -0.4 is 0 Å². The summed E-state index contributed by atoms with van der Waals surface area (Å²) in [5.41, 5.74) is -2.51. The largest absolute Gasteiger partial charge is 0.479 e. The fraction of sp³-hybridized carbons (Fsp3) is 0.750. The van der Waals surface area contributed by atoms with Crippen LogP contribution in [0, 0.1) is 0 Å². The number of hydrogen-bond acceptors (Lipinski definition) is 4. The highest BCUT2D eigenvalue weighted by Crippen LogP contribution is 2.09. The zero-order chi connectivity index (χ0) is 8.20. The molecular weight excluding hydrogens is 147 g/mol. The maximum absolute atomic E-state index is 11.4. The smallest absolute Gasteiger partial charge is 0.344 e. The quantitative estimate of drug-likeness (QED) is 0.468. The molecule has 0 bridgehead atoms. The summed E-state index contributed by atoms with van der Waals surface area (Å²) >= 11 is 0. The van der Waals surface area contributed by atoms with Gasteiger partial charge in [-0.15, -0.1) is 0 Å². The number of aliphatic carboxylic acids is 1. The molecule has 0 heterocycles. The number of carboxylic acid groups (broad SMARTS) is 1. The van der Waals surface area contributed by atoms with Crippen LogP contribution in [0.5, 0.6) is 0 Å². The molecule has 60 valence electrons. The van der Waals surface area contributed by atoms with Gasteiger partial charge in [-0.25, -0.2) is 4.79 Å². The molecule has 0 amide bonds. The molecular formula is C4H7FO5. The van der Waals surface area contributed by atoms with Gasteiger partial charge >= 0.3 is 5.97 Å². The summed E-state index contributed by atoms with van der Waals surface area (Å²) in [6, 6.07) is 0. The molecule has 0 saturated heterocycles. The van der Waals surface area contributed by atoms with E-state index in [1.54, 1.807) is 0 Å². The summed E-state index contributed by atoms with van der Waals surface area (Å²) in [5.74, 6) is -1.75. The molecule has 0 saturated carbocycles. The Morgan fingerprint density at radius 2 is 1.90 bits per heavy atom. The second kappa shape index (κ2) is 3.45. The van der Waals surface area contributed by atoms with Gasteiger partial charge < -0.3 is 15.3 Å². The van der Waals surface area contributed by atoms with Crippen molar-refractivity contribution >= 4 is 5.97 Å². The van der Waals surface area contributed by atoms with Gasteiger partial charge in [0.1, 0.15) is 0 Å². The number of rotatable bonds is 4. The van der Waals surface area contributed by atoms with Crippen molar-refractivity contribution in [2.75, 3.05) is 13.2 Å². The predicted molar refractivity (Wildman–Crippen MR) is 26.7 cm³/mol. The fourth-order valence-corrected chi connectivity index (χ4v) is 0.267. The van der Waals surface area contributed by atoms with E-state index in [1.165, 1.54) is 0 Å². The second-order valence-corrected chi connectivity index (χ2v) is 1.69. The Kier molecular flexibility index (Phi) is 3.20. The van der Waals surface area contributed by atoms with Crippen LogP contribution in [0.2, 0.25) is 0 Å². The number of aliphatic hydroxyl groups excluding tert-OH is 2. The van der Waals surface area contributed by atoms with Crippen LogP contribution in [-0.2, 0) is 9.74 Å². The highest BCUT2D eigenvalue weighted by atomic mass is 19.3. The van der Waals surface area contributed by atoms with E-state index >= 15 is 0 Å². The lowest BCUT2D eigenvalue weighted by molar-refractivity contribution is -0.260. The molecule has 0 unspecified atom stereocenters. The normalized spacial score (nSPS) is 11.5. The van der Waals surface area contributed by atoms with Crippen LogP contribution in [0.3, 0.4) is 0 Å². The molecule has 0 aromatic rings. The van der Waals surface area contributed by atoms with Gasteiger partial charge in [0.2, 0.25) is 0 Å². The van der Waals surface area contributed by atoms with Gasteiger partial charge in [0.05, 0.1) is 13.2 Å². The van der Waals surface area contributed by atoms with Crippen LogP contribution in [0.1, 0.15) is 0 Å². The molecule has 0 aromatic carbocycles. The van der Waals surface area contributed by atoms with Gasteiger partial charge in [-0.1, -0.05) is 0 Å². The van der Waals surface area contributed by atoms with E-state index in [1.807, 2.05) is 0 Å². The summed E-state index contributed by atoms with van der Waals surface area (Å²) in [5, 5.41) is 24.6. The third-order valence-electron chi connectivity index (χ3n) is 1.05. The fourth-order valence-electron chi connectivity index (χ4n) is 0.267. The molecule has 0 rings (SSSR count). The first-order chi connectivity index (χ1) is 4.63.